The van der Waals surface area contributed by atoms with E-state index in [9.17, 15) is 9.90 Å². The molecule has 4 nitrogen and oxygen atoms in total. The van der Waals surface area contributed by atoms with Crippen molar-refractivity contribution in [2.45, 2.75) is 12.6 Å². The maximum Gasteiger partial charge on any atom is 0.222 e. The number of carbonyl (C=O) groups is 1. The van der Waals surface area contributed by atoms with Crippen LogP contribution in [0, 0.1) is 0 Å². The van der Waals surface area contributed by atoms with E-state index in [1.165, 1.54) is 12.3 Å². The Morgan fingerprint density at radius 1 is 1.57 bits per heavy atom. The third-order valence-electron chi connectivity index (χ3n) is 2.32. The lowest BCUT2D eigenvalue weighted by atomic mass is 9.89. The Kier molecular flexibility index (Phi) is 1.77. The molecule has 1 aliphatic carbocycles. The van der Waals surface area contributed by atoms with Gasteiger partial charge in [-0.15, -0.1) is 0 Å². The van der Waals surface area contributed by atoms with E-state index in [2.05, 4.69) is 4.98 Å². The molecule has 1 atom stereocenters. The summed E-state index contributed by atoms with van der Waals surface area (Å²) in [6, 6.07) is 3.51. The van der Waals surface area contributed by atoms with Crippen LogP contribution in [0.1, 0.15) is 18.2 Å². The number of hydrogen-bond donors (Lipinski definition) is 2. The van der Waals surface area contributed by atoms with Crippen LogP contribution in [0.25, 0.3) is 5.57 Å². The number of allylic oxidation sites excluding steroid dienone is 1. The minimum absolute atomic E-state index is 0.227. The zero-order valence-corrected chi connectivity index (χ0v) is 7.69. The zero-order valence-electron chi connectivity index (χ0n) is 7.69. The molecule has 0 saturated carbocycles. The van der Waals surface area contributed by atoms with Crippen molar-refractivity contribution in [1.29, 1.82) is 0 Å². The lowest BCUT2D eigenvalue weighted by Crippen LogP contribution is -2.47. The second-order valence-corrected chi connectivity index (χ2v) is 3.36. The van der Waals surface area contributed by atoms with Crippen molar-refractivity contribution in [2.24, 2.45) is 5.73 Å². The van der Waals surface area contributed by atoms with Crippen LogP contribution >= 0.6 is 0 Å². The van der Waals surface area contributed by atoms with E-state index in [4.69, 9.17) is 5.73 Å². The largest absolute Gasteiger partial charge is 0.364 e. The molecule has 3 N–H and O–H groups in total. The van der Waals surface area contributed by atoms with Gasteiger partial charge in [0, 0.05) is 11.8 Å². The molecule has 0 spiro atoms. The fourth-order valence-electron chi connectivity index (χ4n) is 1.53. The van der Waals surface area contributed by atoms with Gasteiger partial charge in [0.1, 0.15) is 5.69 Å². The zero-order chi connectivity index (χ0) is 10.3. The van der Waals surface area contributed by atoms with Crippen LogP contribution in [0.2, 0.25) is 0 Å². The quantitative estimate of drug-likeness (QED) is 0.572. The molecule has 14 heavy (non-hydrogen) atoms. The first kappa shape index (κ1) is 9.05. The van der Waals surface area contributed by atoms with E-state index < -0.39 is 11.5 Å². The van der Waals surface area contributed by atoms with Crippen LogP contribution < -0.4 is 5.73 Å². The maximum atomic E-state index is 11.4. The fourth-order valence-corrected chi connectivity index (χ4v) is 1.53. The Morgan fingerprint density at radius 2 is 2.29 bits per heavy atom. The number of fused-ring (bicyclic) bond motifs is 1. The van der Waals surface area contributed by atoms with Gasteiger partial charge in [0.05, 0.1) is 0 Å². The molecule has 0 radical (unpaired) electrons. The molecule has 0 amide bonds. The monoisotopic (exact) mass is 190 g/mol. The van der Waals surface area contributed by atoms with E-state index in [-0.39, 0.29) is 5.69 Å². The molecule has 72 valence electrons. The van der Waals surface area contributed by atoms with Crippen LogP contribution in [-0.2, 0) is 10.5 Å². The van der Waals surface area contributed by atoms with Crippen LogP contribution in [0.4, 0.5) is 0 Å². The van der Waals surface area contributed by atoms with Crippen LogP contribution in [0.5, 0.6) is 0 Å². The van der Waals surface area contributed by atoms with Crippen LogP contribution in [0.15, 0.2) is 24.4 Å². The first-order valence-corrected chi connectivity index (χ1v) is 4.23. The summed E-state index contributed by atoms with van der Waals surface area (Å²) >= 11 is 0. The second kappa shape index (κ2) is 2.73. The van der Waals surface area contributed by atoms with E-state index in [0.717, 1.165) is 11.1 Å². The Morgan fingerprint density at radius 3 is 3.00 bits per heavy atom. The summed E-state index contributed by atoms with van der Waals surface area (Å²) in [6.07, 6.45) is 2.84. The molecule has 1 heterocycles. The van der Waals surface area contributed by atoms with Crippen molar-refractivity contribution in [1.82, 2.24) is 4.98 Å². The first-order chi connectivity index (χ1) is 6.53. The SMILES string of the molecule is CC1=CC(=O)C(N)(O)c2ncccc21. The third kappa shape index (κ3) is 1.08. The molecule has 0 saturated heterocycles. The van der Waals surface area contributed by atoms with Crippen molar-refractivity contribution in [3.63, 3.8) is 0 Å². The van der Waals surface area contributed by atoms with Crippen LogP contribution in [0.3, 0.4) is 0 Å². The Labute approximate surface area is 81.1 Å². The van der Waals surface area contributed by atoms with E-state index in [1.54, 1.807) is 19.1 Å². The molecular formula is C10H10N2O2. The molecule has 4 heteroatoms. The summed E-state index contributed by atoms with van der Waals surface area (Å²) in [6.45, 7) is 1.79. The maximum absolute atomic E-state index is 11.4. The predicted molar refractivity (Wildman–Crippen MR) is 51.0 cm³/mol. The van der Waals surface area contributed by atoms with Gasteiger partial charge in [-0.25, -0.2) is 0 Å². The van der Waals surface area contributed by atoms with Gasteiger partial charge in [-0.3, -0.25) is 15.5 Å². The minimum atomic E-state index is -1.98. The molecule has 1 aromatic heterocycles. The molecule has 1 aliphatic rings. The van der Waals surface area contributed by atoms with Gasteiger partial charge in [0.2, 0.25) is 11.5 Å². The highest BCUT2D eigenvalue weighted by molar-refractivity contribution is 6.05. The topological polar surface area (TPSA) is 76.2 Å². The second-order valence-electron chi connectivity index (χ2n) is 3.36. The molecule has 1 aromatic rings. The van der Waals surface area contributed by atoms with Crippen molar-refractivity contribution >= 4 is 11.4 Å². The molecule has 1 unspecified atom stereocenters. The summed E-state index contributed by atoms with van der Waals surface area (Å²) in [5.74, 6) is -0.527. The van der Waals surface area contributed by atoms with Gasteiger partial charge < -0.3 is 5.11 Å². The van der Waals surface area contributed by atoms with E-state index >= 15 is 0 Å². The van der Waals surface area contributed by atoms with Gasteiger partial charge in [-0.1, -0.05) is 6.07 Å². The summed E-state index contributed by atoms with van der Waals surface area (Å²) in [5, 5.41) is 9.73. The smallest absolute Gasteiger partial charge is 0.222 e. The molecule has 0 aromatic carbocycles. The number of pyridine rings is 1. The molecular weight excluding hydrogens is 180 g/mol. The summed E-state index contributed by atoms with van der Waals surface area (Å²) in [5.41, 5.74) is 5.24. The Hall–Kier alpha value is -1.52. The number of rotatable bonds is 0. The number of nitrogens with two attached hydrogens (primary N) is 1. The van der Waals surface area contributed by atoms with Gasteiger partial charge in [0.25, 0.3) is 0 Å². The fraction of sp³-hybridized carbons (Fsp3) is 0.200. The first-order valence-electron chi connectivity index (χ1n) is 4.23. The van der Waals surface area contributed by atoms with Crippen molar-refractivity contribution in [3.8, 4) is 0 Å². The number of ketones is 1. The Bertz CT molecular complexity index is 436. The third-order valence-corrected chi connectivity index (χ3v) is 2.32. The normalized spacial score (nSPS) is 25.6. The number of aromatic nitrogens is 1. The Balaban J connectivity index is 2.73. The van der Waals surface area contributed by atoms with Gasteiger partial charge in [-0.2, -0.15) is 0 Å². The highest BCUT2D eigenvalue weighted by Gasteiger charge is 2.38. The van der Waals surface area contributed by atoms with Gasteiger partial charge in [0.15, 0.2) is 0 Å². The average Bonchev–Trinajstić information content (AvgIpc) is 2.16. The highest BCUT2D eigenvalue weighted by atomic mass is 16.3. The molecule has 0 fully saturated rings. The van der Waals surface area contributed by atoms with Crippen molar-refractivity contribution in [2.75, 3.05) is 0 Å². The van der Waals surface area contributed by atoms with Crippen molar-refractivity contribution < 1.29 is 9.90 Å². The van der Waals surface area contributed by atoms with Crippen molar-refractivity contribution in [3.05, 3.63) is 35.7 Å². The summed E-state index contributed by atoms with van der Waals surface area (Å²) in [7, 11) is 0. The lowest BCUT2D eigenvalue weighted by Gasteiger charge is -2.26. The number of carbonyl (C=O) groups excluding carboxylic acids is 1. The molecule has 0 bridgehead atoms. The predicted octanol–water partition coefficient (Wildman–Crippen LogP) is 0.171. The minimum Gasteiger partial charge on any atom is -0.364 e. The van der Waals surface area contributed by atoms with Gasteiger partial charge >= 0.3 is 0 Å². The van der Waals surface area contributed by atoms with E-state index in [0.29, 0.717) is 0 Å². The number of nitrogens with zero attached hydrogens (tertiary/aromatic N) is 1. The number of hydrogen-bond acceptors (Lipinski definition) is 4. The molecule has 0 aliphatic heterocycles. The van der Waals surface area contributed by atoms with Crippen LogP contribution in [-0.4, -0.2) is 15.9 Å². The average molecular weight is 190 g/mol. The standard InChI is InChI=1S/C10H10N2O2/c1-6-5-8(13)10(11,14)9-7(6)3-2-4-12-9/h2-5,14H,11H2,1H3. The summed E-state index contributed by atoms with van der Waals surface area (Å²) in [4.78, 5) is 15.3. The lowest BCUT2D eigenvalue weighted by molar-refractivity contribution is -0.133. The summed E-state index contributed by atoms with van der Waals surface area (Å²) < 4.78 is 0. The highest BCUT2D eigenvalue weighted by Crippen LogP contribution is 2.29. The van der Waals surface area contributed by atoms with Gasteiger partial charge in [-0.05, 0) is 24.6 Å². The number of aliphatic hydroxyl groups is 1. The van der Waals surface area contributed by atoms with E-state index in [1.807, 2.05) is 0 Å². The molecule has 2 rings (SSSR count).